The number of ether oxygens (including phenoxy) is 1. The Balaban J connectivity index is 2.47. The van der Waals surface area contributed by atoms with Gasteiger partial charge >= 0.3 is 0 Å². The number of carbonyl (C=O) groups is 1. The van der Waals surface area contributed by atoms with E-state index in [-0.39, 0.29) is 18.0 Å². The fourth-order valence-electron chi connectivity index (χ4n) is 1.45. The van der Waals surface area contributed by atoms with Gasteiger partial charge in [-0.2, -0.15) is 5.10 Å². The third-order valence-corrected chi connectivity index (χ3v) is 2.75. The molecule has 1 aromatic rings. The maximum atomic E-state index is 11.7. The van der Waals surface area contributed by atoms with Crippen molar-refractivity contribution in [1.82, 2.24) is 9.78 Å². The molecule has 4 heteroatoms. The van der Waals surface area contributed by atoms with Crippen molar-refractivity contribution >= 4 is 5.78 Å². The lowest BCUT2D eigenvalue weighted by Crippen LogP contribution is -2.24. The Morgan fingerprint density at radius 3 is 2.72 bits per heavy atom. The summed E-state index contributed by atoms with van der Waals surface area (Å²) in [6, 6.07) is 2.28. The van der Waals surface area contributed by atoms with Crippen LogP contribution in [0, 0.1) is 0 Å². The van der Waals surface area contributed by atoms with E-state index in [0.29, 0.717) is 12.5 Å². The lowest BCUT2D eigenvalue weighted by Gasteiger charge is -2.18. The number of hydrogen-bond acceptors (Lipinski definition) is 3. The van der Waals surface area contributed by atoms with Gasteiger partial charge in [0.2, 0.25) is 0 Å². The summed E-state index contributed by atoms with van der Waals surface area (Å²) in [6.45, 7) is 10.2. The highest BCUT2D eigenvalue weighted by molar-refractivity contribution is 5.81. The van der Waals surface area contributed by atoms with Crippen LogP contribution in [-0.4, -0.2) is 27.8 Å². The Kier molecular flexibility index (Phi) is 5.08. The van der Waals surface area contributed by atoms with Gasteiger partial charge in [0.15, 0.2) is 5.78 Å². The van der Waals surface area contributed by atoms with Crippen LogP contribution in [0.5, 0.6) is 0 Å². The van der Waals surface area contributed by atoms with E-state index in [2.05, 4.69) is 18.9 Å². The maximum Gasteiger partial charge on any atom is 0.164 e. The van der Waals surface area contributed by atoms with E-state index in [0.717, 1.165) is 12.1 Å². The molecule has 0 aliphatic carbocycles. The predicted molar refractivity (Wildman–Crippen MR) is 71.6 cm³/mol. The summed E-state index contributed by atoms with van der Waals surface area (Å²) < 4.78 is 7.36. The summed E-state index contributed by atoms with van der Waals surface area (Å²) in [7, 11) is 0. The van der Waals surface area contributed by atoms with Crippen LogP contribution in [0.4, 0.5) is 0 Å². The zero-order chi connectivity index (χ0) is 13.8. The van der Waals surface area contributed by atoms with Crippen LogP contribution < -0.4 is 0 Å². The smallest absolute Gasteiger partial charge is 0.164 e. The summed E-state index contributed by atoms with van der Waals surface area (Å²) in [4.78, 5) is 11.7. The third kappa shape index (κ3) is 5.00. The van der Waals surface area contributed by atoms with Gasteiger partial charge < -0.3 is 4.74 Å². The number of nitrogens with zero attached hydrogens (tertiary/aromatic N) is 2. The van der Waals surface area contributed by atoms with Gasteiger partial charge in [-0.05, 0) is 40.2 Å². The van der Waals surface area contributed by atoms with Crippen LogP contribution in [0.3, 0.4) is 0 Å². The molecule has 1 unspecified atom stereocenters. The van der Waals surface area contributed by atoms with Crippen molar-refractivity contribution in [3.63, 3.8) is 0 Å². The highest BCUT2D eigenvalue weighted by atomic mass is 16.5. The number of carbonyl (C=O) groups excluding carboxylic acids is 1. The number of rotatable bonds is 6. The van der Waals surface area contributed by atoms with Gasteiger partial charge in [0.25, 0.3) is 0 Å². The molecule has 0 N–H and O–H groups in total. The van der Waals surface area contributed by atoms with Gasteiger partial charge in [0.1, 0.15) is 6.61 Å². The molecule has 1 heterocycles. The zero-order valence-corrected chi connectivity index (χ0v) is 12.1. The summed E-state index contributed by atoms with van der Waals surface area (Å²) in [5.41, 5.74) is 0.545. The van der Waals surface area contributed by atoms with Gasteiger partial charge in [-0.1, -0.05) is 6.92 Å². The van der Waals surface area contributed by atoms with Gasteiger partial charge in [0, 0.05) is 12.2 Å². The molecule has 1 aromatic heterocycles. The standard InChI is InChI=1S/C14H24N2O2/c1-6-11(2)16-8-7-12(15-16)9-13(17)10-18-14(3,4)5/h7-8,11H,6,9-10H2,1-5H3. The molecule has 0 aliphatic heterocycles. The minimum atomic E-state index is -0.272. The average Bonchev–Trinajstić information content (AvgIpc) is 2.73. The maximum absolute atomic E-state index is 11.7. The molecule has 102 valence electrons. The molecule has 18 heavy (non-hydrogen) atoms. The number of ketones is 1. The third-order valence-electron chi connectivity index (χ3n) is 2.75. The minimum Gasteiger partial charge on any atom is -0.368 e. The molecule has 0 aromatic carbocycles. The van der Waals surface area contributed by atoms with Crippen molar-refractivity contribution in [2.75, 3.05) is 6.61 Å². The van der Waals surface area contributed by atoms with Crippen LogP contribution in [0.2, 0.25) is 0 Å². The van der Waals surface area contributed by atoms with Crippen molar-refractivity contribution in [1.29, 1.82) is 0 Å². The summed E-state index contributed by atoms with van der Waals surface area (Å²) in [5, 5.41) is 4.41. The largest absolute Gasteiger partial charge is 0.368 e. The van der Waals surface area contributed by atoms with Gasteiger partial charge in [-0.3, -0.25) is 9.48 Å². The lowest BCUT2D eigenvalue weighted by atomic mass is 10.2. The van der Waals surface area contributed by atoms with E-state index in [1.54, 1.807) is 0 Å². The molecule has 0 radical (unpaired) electrons. The molecule has 0 saturated carbocycles. The van der Waals surface area contributed by atoms with E-state index < -0.39 is 0 Å². The fourth-order valence-corrected chi connectivity index (χ4v) is 1.45. The SMILES string of the molecule is CCC(C)n1ccc(CC(=O)COC(C)(C)C)n1. The quantitative estimate of drug-likeness (QED) is 0.782. The Morgan fingerprint density at radius 2 is 2.17 bits per heavy atom. The second-order valence-electron chi connectivity index (χ2n) is 5.66. The minimum absolute atomic E-state index is 0.0688. The Labute approximate surface area is 109 Å². The van der Waals surface area contributed by atoms with Crippen molar-refractivity contribution in [2.24, 2.45) is 0 Å². The Bertz CT molecular complexity index is 391. The Morgan fingerprint density at radius 1 is 1.50 bits per heavy atom. The predicted octanol–water partition coefficient (Wildman–Crippen LogP) is 2.78. The normalized spacial score (nSPS) is 13.6. The van der Waals surface area contributed by atoms with Crippen LogP contribution in [0.1, 0.15) is 52.8 Å². The molecular formula is C14H24N2O2. The fraction of sp³-hybridized carbons (Fsp3) is 0.714. The van der Waals surface area contributed by atoms with E-state index in [4.69, 9.17) is 4.74 Å². The van der Waals surface area contributed by atoms with E-state index in [1.165, 1.54) is 0 Å². The van der Waals surface area contributed by atoms with E-state index in [1.807, 2.05) is 37.7 Å². The topological polar surface area (TPSA) is 44.1 Å². The van der Waals surface area contributed by atoms with Crippen LogP contribution >= 0.6 is 0 Å². The number of hydrogen-bond donors (Lipinski definition) is 0. The molecule has 0 bridgehead atoms. The summed E-state index contributed by atoms with van der Waals surface area (Å²) in [6.07, 6.45) is 3.31. The first-order valence-electron chi connectivity index (χ1n) is 6.51. The molecule has 0 aliphatic rings. The molecule has 0 amide bonds. The molecule has 1 rings (SSSR count). The molecule has 0 spiro atoms. The second-order valence-corrected chi connectivity index (χ2v) is 5.66. The van der Waals surface area contributed by atoms with Crippen LogP contribution in [0.15, 0.2) is 12.3 Å². The molecule has 0 fully saturated rings. The number of aromatic nitrogens is 2. The van der Waals surface area contributed by atoms with E-state index >= 15 is 0 Å². The van der Waals surface area contributed by atoms with Gasteiger partial charge in [-0.25, -0.2) is 0 Å². The molecule has 4 nitrogen and oxygen atoms in total. The first-order valence-corrected chi connectivity index (χ1v) is 6.51. The van der Waals surface area contributed by atoms with Crippen molar-refractivity contribution in [3.8, 4) is 0 Å². The van der Waals surface area contributed by atoms with Crippen molar-refractivity contribution in [3.05, 3.63) is 18.0 Å². The highest BCUT2D eigenvalue weighted by Crippen LogP contribution is 2.10. The lowest BCUT2D eigenvalue weighted by molar-refractivity contribution is -0.127. The monoisotopic (exact) mass is 252 g/mol. The van der Waals surface area contributed by atoms with Gasteiger partial charge in [0.05, 0.1) is 17.7 Å². The first-order chi connectivity index (χ1) is 8.31. The van der Waals surface area contributed by atoms with Gasteiger partial charge in [-0.15, -0.1) is 0 Å². The number of Topliss-reactive ketones (excluding diaryl/α,β-unsaturated/α-hetero) is 1. The molecular weight excluding hydrogens is 228 g/mol. The summed E-state index contributed by atoms with van der Waals surface area (Å²) >= 11 is 0. The molecule has 1 atom stereocenters. The molecule has 0 saturated heterocycles. The van der Waals surface area contributed by atoms with Crippen LogP contribution in [-0.2, 0) is 16.0 Å². The summed E-state index contributed by atoms with van der Waals surface area (Å²) in [5.74, 6) is 0.0688. The first kappa shape index (κ1) is 14.9. The average molecular weight is 252 g/mol. The van der Waals surface area contributed by atoms with Crippen molar-refractivity contribution in [2.45, 2.75) is 59.1 Å². The van der Waals surface area contributed by atoms with Crippen molar-refractivity contribution < 1.29 is 9.53 Å². The highest BCUT2D eigenvalue weighted by Gasteiger charge is 2.14. The second kappa shape index (κ2) is 6.14. The zero-order valence-electron chi connectivity index (χ0n) is 12.1. The van der Waals surface area contributed by atoms with E-state index in [9.17, 15) is 4.79 Å². The van der Waals surface area contributed by atoms with Crippen LogP contribution in [0.25, 0.3) is 0 Å². The Hall–Kier alpha value is -1.16.